The van der Waals surface area contributed by atoms with Crippen molar-refractivity contribution in [2.75, 3.05) is 6.61 Å². The summed E-state index contributed by atoms with van der Waals surface area (Å²) in [4.78, 5) is 57.2. The average molecular weight is 729 g/mol. The van der Waals surface area contributed by atoms with Gasteiger partial charge in [0.25, 0.3) is 0 Å². The standard InChI is InChI=1S/C36H37F5N6O5/c1-19(2)14-23(32(48)36(3)18-52-36)43-34(50)25(17-22-27(37)29(39)31(41)30(40)28(22)38)45-33(49)24(15-20-10-6-4-7-11-20)44-35(51)26(46-47-42)16-21-12-8-5-9-13-21/h4-13,19,23-26H,14-18H2,1-3H3,(H,43,50)(H,44,51)(H,45,49)/t23-,24-,25-,26?,36+/m0/s1. The molecule has 5 atom stereocenters. The van der Waals surface area contributed by atoms with Gasteiger partial charge in [0.2, 0.25) is 23.5 Å². The second kappa shape index (κ2) is 17.2. The highest BCUT2D eigenvalue weighted by atomic mass is 19.2. The molecule has 11 nitrogen and oxygen atoms in total. The molecule has 0 spiro atoms. The molecule has 276 valence electrons. The van der Waals surface area contributed by atoms with Crippen LogP contribution in [0.2, 0.25) is 0 Å². The van der Waals surface area contributed by atoms with E-state index in [2.05, 4.69) is 26.0 Å². The number of carbonyl (C=O) groups excluding carboxylic acids is 4. The van der Waals surface area contributed by atoms with Gasteiger partial charge in [-0.2, -0.15) is 0 Å². The highest BCUT2D eigenvalue weighted by Gasteiger charge is 2.50. The number of amides is 3. The van der Waals surface area contributed by atoms with Crippen molar-refractivity contribution in [1.82, 2.24) is 16.0 Å². The number of nitrogens with zero attached hydrogens (tertiary/aromatic N) is 3. The molecule has 0 aromatic heterocycles. The Balaban J connectivity index is 1.69. The molecule has 0 saturated carbocycles. The van der Waals surface area contributed by atoms with E-state index in [4.69, 9.17) is 10.3 Å². The molecule has 1 heterocycles. The third-order valence-electron chi connectivity index (χ3n) is 8.46. The zero-order chi connectivity index (χ0) is 38.2. The fourth-order valence-corrected chi connectivity index (χ4v) is 5.52. The van der Waals surface area contributed by atoms with E-state index in [1.807, 2.05) is 0 Å². The maximum Gasteiger partial charge on any atom is 0.243 e. The number of azide groups is 1. The molecule has 1 fully saturated rings. The molecule has 3 amide bonds. The molecular weight excluding hydrogens is 691 g/mol. The lowest BCUT2D eigenvalue weighted by atomic mass is 9.92. The molecule has 0 bridgehead atoms. The van der Waals surface area contributed by atoms with Crippen LogP contribution in [0.15, 0.2) is 65.8 Å². The maximum atomic E-state index is 14.9. The number of epoxide rings is 1. The van der Waals surface area contributed by atoms with E-state index in [1.165, 1.54) is 6.92 Å². The molecule has 4 rings (SSSR count). The van der Waals surface area contributed by atoms with Gasteiger partial charge in [-0.1, -0.05) is 79.6 Å². The molecule has 52 heavy (non-hydrogen) atoms. The summed E-state index contributed by atoms with van der Waals surface area (Å²) in [5.41, 5.74) is 7.72. The van der Waals surface area contributed by atoms with Crippen LogP contribution in [0, 0.1) is 35.0 Å². The fraction of sp³-hybridized carbons (Fsp3) is 0.389. The Hall–Kier alpha value is -5.34. The summed E-state index contributed by atoms with van der Waals surface area (Å²) < 4.78 is 77.4. The molecule has 1 saturated heterocycles. The van der Waals surface area contributed by atoms with Crippen molar-refractivity contribution in [2.24, 2.45) is 11.0 Å². The Kier molecular flexibility index (Phi) is 13.1. The van der Waals surface area contributed by atoms with Crippen LogP contribution in [0.25, 0.3) is 10.4 Å². The lowest BCUT2D eigenvalue weighted by molar-refractivity contribution is -0.134. The number of ether oxygens (including phenoxy) is 1. The SMILES string of the molecule is CC(C)C[C@H](NC(=O)[C@H](Cc1c(F)c(F)c(F)c(F)c1F)NC(=O)[C@H](Cc1ccccc1)NC(=O)C(Cc1ccccc1)N=[N+]=[N-])C(=O)[C@@]1(C)CO1. The Morgan fingerprint density at radius 3 is 1.65 bits per heavy atom. The Bertz CT molecular complexity index is 1810. The van der Waals surface area contributed by atoms with Gasteiger partial charge in [0, 0.05) is 23.3 Å². The van der Waals surface area contributed by atoms with Gasteiger partial charge in [0.05, 0.1) is 12.6 Å². The monoisotopic (exact) mass is 728 g/mol. The number of hydrogen-bond donors (Lipinski definition) is 3. The summed E-state index contributed by atoms with van der Waals surface area (Å²) >= 11 is 0. The minimum Gasteiger partial charge on any atom is -0.361 e. The number of Topliss-reactive ketones (excluding diaryl/α,β-unsaturated/α-hetero) is 1. The predicted octanol–water partition coefficient (Wildman–Crippen LogP) is 4.95. The fourth-order valence-electron chi connectivity index (χ4n) is 5.52. The quantitative estimate of drug-likeness (QED) is 0.0340. The van der Waals surface area contributed by atoms with E-state index in [-0.39, 0.29) is 31.8 Å². The van der Waals surface area contributed by atoms with E-state index in [0.29, 0.717) is 11.1 Å². The Morgan fingerprint density at radius 1 is 0.731 bits per heavy atom. The Labute approximate surface area is 295 Å². The van der Waals surface area contributed by atoms with Crippen LogP contribution in [-0.4, -0.2) is 59.9 Å². The van der Waals surface area contributed by atoms with Gasteiger partial charge in [-0.3, -0.25) is 19.2 Å². The summed E-state index contributed by atoms with van der Waals surface area (Å²) in [6.45, 7) is 5.09. The van der Waals surface area contributed by atoms with Crippen molar-refractivity contribution in [3.63, 3.8) is 0 Å². The lowest BCUT2D eigenvalue weighted by Crippen LogP contribution is -2.58. The first-order valence-corrected chi connectivity index (χ1v) is 16.4. The van der Waals surface area contributed by atoms with Gasteiger partial charge in [-0.15, -0.1) is 0 Å². The zero-order valence-corrected chi connectivity index (χ0v) is 28.5. The van der Waals surface area contributed by atoms with Crippen LogP contribution >= 0.6 is 0 Å². The minimum atomic E-state index is -2.42. The van der Waals surface area contributed by atoms with Crippen LogP contribution < -0.4 is 16.0 Å². The van der Waals surface area contributed by atoms with Crippen LogP contribution in [0.1, 0.15) is 43.9 Å². The van der Waals surface area contributed by atoms with E-state index in [0.717, 1.165) is 0 Å². The van der Waals surface area contributed by atoms with Crippen molar-refractivity contribution in [3.8, 4) is 0 Å². The molecule has 3 aromatic rings. The molecule has 16 heteroatoms. The highest BCUT2D eigenvalue weighted by Crippen LogP contribution is 2.30. The molecule has 3 aromatic carbocycles. The van der Waals surface area contributed by atoms with Crippen LogP contribution in [-0.2, 0) is 43.2 Å². The number of halogens is 5. The van der Waals surface area contributed by atoms with Crippen molar-refractivity contribution < 1.29 is 45.9 Å². The third kappa shape index (κ3) is 9.92. The summed E-state index contributed by atoms with van der Waals surface area (Å²) in [5, 5.41) is 10.8. The number of ketones is 1. The first-order valence-electron chi connectivity index (χ1n) is 16.4. The second-order valence-corrected chi connectivity index (χ2v) is 13.0. The smallest absolute Gasteiger partial charge is 0.243 e. The highest BCUT2D eigenvalue weighted by molar-refractivity contribution is 5.98. The van der Waals surface area contributed by atoms with E-state index in [9.17, 15) is 41.1 Å². The van der Waals surface area contributed by atoms with Crippen molar-refractivity contribution in [3.05, 3.63) is 117 Å². The molecule has 0 radical (unpaired) electrons. The summed E-state index contributed by atoms with van der Waals surface area (Å²) in [6.07, 6.45) is -1.40. The second-order valence-electron chi connectivity index (χ2n) is 13.0. The van der Waals surface area contributed by atoms with Gasteiger partial charge in [-0.25, -0.2) is 22.0 Å². The van der Waals surface area contributed by atoms with E-state index in [1.54, 1.807) is 74.5 Å². The van der Waals surface area contributed by atoms with Crippen LogP contribution in [0.3, 0.4) is 0 Å². The molecular formula is C36H37F5N6O5. The summed E-state index contributed by atoms with van der Waals surface area (Å²) in [5.74, 6) is -15.2. The largest absolute Gasteiger partial charge is 0.361 e. The third-order valence-corrected chi connectivity index (χ3v) is 8.46. The van der Waals surface area contributed by atoms with Crippen LogP contribution in [0.4, 0.5) is 22.0 Å². The molecule has 0 aliphatic carbocycles. The van der Waals surface area contributed by atoms with Gasteiger partial charge in [0.1, 0.15) is 23.7 Å². The molecule has 1 unspecified atom stereocenters. The van der Waals surface area contributed by atoms with Crippen molar-refractivity contribution >= 4 is 23.5 Å². The lowest BCUT2D eigenvalue weighted by Gasteiger charge is -2.27. The average Bonchev–Trinajstić information content (AvgIpc) is 3.88. The number of benzene rings is 3. The number of hydrogen-bond acceptors (Lipinski definition) is 6. The van der Waals surface area contributed by atoms with Gasteiger partial charge in [-0.05, 0) is 42.3 Å². The van der Waals surface area contributed by atoms with E-state index >= 15 is 0 Å². The Morgan fingerprint density at radius 2 is 1.17 bits per heavy atom. The first-order chi connectivity index (χ1) is 24.6. The number of carbonyl (C=O) groups is 4. The molecule has 3 N–H and O–H groups in total. The normalized spacial score (nSPS) is 17.2. The van der Waals surface area contributed by atoms with Gasteiger partial charge in [0.15, 0.2) is 29.1 Å². The number of rotatable bonds is 17. The van der Waals surface area contributed by atoms with E-state index < -0.39 is 94.3 Å². The predicted molar refractivity (Wildman–Crippen MR) is 178 cm³/mol. The first kappa shape index (κ1) is 39.4. The zero-order valence-electron chi connectivity index (χ0n) is 28.5. The summed E-state index contributed by atoms with van der Waals surface area (Å²) in [6, 6.07) is 10.7. The number of nitrogens with one attached hydrogen (secondary N) is 3. The molecule has 1 aliphatic heterocycles. The van der Waals surface area contributed by atoms with Gasteiger partial charge < -0.3 is 20.7 Å². The van der Waals surface area contributed by atoms with Crippen LogP contribution in [0.5, 0.6) is 0 Å². The minimum absolute atomic E-state index is 0.0460. The van der Waals surface area contributed by atoms with Gasteiger partial charge >= 0.3 is 0 Å². The maximum absolute atomic E-state index is 14.9. The summed E-state index contributed by atoms with van der Waals surface area (Å²) in [7, 11) is 0. The van der Waals surface area contributed by atoms with Crippen molar-refractivity contribution in [1.29, 1.82) is 0 Å². The molecule has 1 aliphatic rings. The topological polar surface area (TPSA) is 166 Å². The van der Waals surface area contributed by atoms with Crippen molar-refractivity contribution in [2.45, 2.75) is 76.2 Å².